The maximum Gasteiger partial charge on any atom is 0.330 e. The summed E-state index contributed by atoms with van der Waals surface area (Å²) in [4.78, 5) is 49.7. The molecule has 1 aromatic heterocycles. The number of H-pyrrole nitrogens is 1. The molecular formula is C38H56FN4O9P. The van der Waals surface area contributed by atoms with E-state index in [1.165, 1.54) is 0 Å². The monoisotopic (exact) mass is 762 g/mol. The van der Waals surface area contributed by atoms with Gasteiger partial charge in [-0.2, -0.15) is 0 Å². The number of ether oxygens (including phenoxy) is 2. The van der Waals surface area contributed by atoms with E-state index < -0.39 is 62.0 Å². The average Bonchev–Trinajstić information content (AvgIpc) is 3.36. The lowest BCUT2D eigenvalue weighted by atomic mass is 9.98. The molecule has 15 heteroatoms. The van der Waals surface area contributed by atoms with E-state index >= 15 is 4.39 Å². The molecule has 294 valence electrons. The number of hydrogen-bond acceptors (Lipinski definition) is 9. The van der Waals surface area contributed by atoms with Gasteiger partial charge in [-0.1, -0.05) is 79.8 Å². The minimum absolute atomic E-state index is 0.115. The standard InChI is InChI=1S/C38H56FN4O9P/c1-4-5-6-7-8-9-10-11-12-13-14-15-16-17-18-19-20-21-22-24-32(44)40-26-23-28-53(49,41-29-34(46)50-3)51-30-31-35(47)38(2,39)36(52-31)43-27-25-33(45)42-37(43)48/h5-6,8-9,11-12,14-15,17-18,20-21,25,27,31,35-36,47H,4,7,10,13,16,19,22-24,26,28-30H2,1-3H3,(H,40,44)(H,41,49)(H,42,45,48)/b6-5-,9-8-,12-11-,15-14-,18-17-,21-20-/t31-,35-,36-,38-,53?/m1/s1. The third-order valence-electron chi connectivity index (χ3n) is 8.05. The number of aliphatic hydroxyl groups excluding tert-OH is 1. The summed E-state index contributed by atoms with van der Waals surface area (Å²) in [5.74, 6) is -0.890. The second-order valence-electron chi connectivity index (χ2n) is 12.4. The van der Waals surface area contributed by atoms with Crippen LogP contribution in [0.2, 0.25) is 0 Å². The smallest absolute Gasteiger partial charge is 0.330 e. The maximum absolute atomic E-state index is 15.5. The highest BCUT2D eigenvalue weighted by Crippen LogP contribution is 2.46. The van der Waals surface area contributed by atoms with Crippen molar-refractivity contribution >= 4 is 19.4 Å². The number of nitrogens with one attached hydrogen (secondary N) is 3. The summed E-state index contributed by atoms with van der Waals surface area (Å²) in [7, 11) is -2.63. The van der Waals surface area contributed by atoms with Crippen LogP contribution in [0.4, 0.5) is 4.39 Å². The second-order valence-corrected chi connectivity index (χ2v) is 14.8. The molecule has 13 nitrogen and oxygen atoms in total. The van der Waals surface area contributed by atoms with Crippen LogP contribution in [0, 0.1) is 0 Å². The molecular weight excluding hydrogens is 706 g/mol. The number of carbonyl (C=O) groups is 2. The van der Waals surface area contributed by atoms with Crippen molar-refractivity contribution < 1.29 is 37.6 Å². The highest BCUT2D eigenvalue weighted by atomic mass is 31.2. The van der Waals surface area contributed by atoms with Crippen LogP contribution in [0.3, 0.4) is 0 Å². The molecule has 0 spiro atoms. The van der Waals surface area contributed by atoms with Crippen molar-refractivity contribution in [3.63, 3.8) is 0 Å². The zero-order valence-electron chi connectivity index (χ0n) is 31.0. The quantitative estimate of drug-likeness (QED) is 0.0432. The molecule has 0 bridgehead atoms. The molecule has 1 aliphatic heterocycles. The van der Waals surface area contributed by atoms with Crippen LogP contribution in [-0.2, 0) is 28.2 Å². The Labute approximate surface area is 311 Å². The molecule has 1 aromatic rings. The number of halogens is 1. The van der Waals surface area contributed by atoms with Crippen molar-refractivity contribution in [3.8, 4) is 0 Å². The van der Waals surface area contributed by atoms with E-state index in [1.54, 1.807) is 0 Å². The molecule has 1 fully saturated rings. The number of allylic oxidation sites excluding steroid dienone is 12. The van der Waals surface area contributed by atoms with E-state index in [1.807, 2.05) is 17.1 Å². The highest BCUT2D eigenvalue weighted by Gasteiger charge is 2.55. The first kappa shape index (κ1) is 45.2. The Hall–Kier alpha value is -3.94. The van der Waals surface area contributed by atoms with Gasteiger partial charge in [-0.05, 0) is 58.3 Å². The number of esters is 1. The Morgan fingerprint density at radius 1 is 1.00 bits per heavy atom. The Kier molecular flexibility index (Phi) is 21.5. The van der Waals surface area contributed by atoms with Gasteiger partial charge in [0.1, 0.15) is 18.8 Å². The average molecular weight is 763 g/mol. The van der Waals surface area contributed by atoms with Gasteiger partial charge in [0.15, 0.2) is 11.9 Å². The molecule has 1 amide bonds. The molecule has 1 aliphatic rings. The molecule has 1 unspecified atom stereocenters. The van der Waals surface area contributed by atoms with Gasteiger partial charge in [-0.15, -0.1) is 0 Å². The number of rotatable bonds is 25. The van der Waals surface area contributed by atoms with Crippen molar-refractivity contribution in [3.05, 3.63) is 106 Å². The number of methoxy groups -OCH3 is 1. The molecule has 0 radical (unpaired) electrons. The first-order valence-electron chi connectivity index (χ1n) is 18.0. The predicted molar refractivity (Wildman–Crippen MR) is 204 cm³/mol. The molecule has 0 aromatic carbocycles. The van der Waals surface area contributed by atoms with Crippen molar-refractivity contribution in [1.82, 2.24) is 20.0 Å². The summed E-state index contributed by atoms with van der Waals surface area (Å²) in [6, 6.07) is 1.01. The molecule has 53 heavy (non-hydrogen) atoms. The Bertz CT molecular complexity index is 1610. The lowest BCUT2D eigenvalue weighted by molar-refractivity contribution is -0.139. The van der Waals surface area contributed by atoms with Crippen molar-refractivity contribution in [2.24, 2.45) is 0 Å². The molecule has 0 aliphatic carbocycles. The number of hydrogen-bond donors (Lipinski definition) is 4. The van der Waals surface area contributed by atoms with Crippen LogP contribution in [0.15, 0.2) is 94.8 Å². The van der Waals surface area contributed by atoms with E-state index in [4.69, 9.17) is 9.26 Å². The molecule has 2 rings (SSSR count). The van der Waals surface area contributed by atoms with Gasteiger partial charge in [0.2, 0.25) is 5.91 Å². The fourth-order valence-corrected chi connectivity index (χ4v) is 6.77. The minimum Gasteiger partial charge on any atom is -0.468 e. The fourth-order valence-electron chi connectivity index (χ4n) is 5.06. The van der Waals surface area contributed by atoms with Crippen molar-refractivity contribution in [1.29, 1.82) is 0 Å². The van der Waals surface area contributed by atoms with E-state index in [2.05, 4.69) is 82.8 Å². The maximum atomic E-state index is 15.5. The van der Waals surface area contributed by atoms with Crippen molar-refractivity contribution in [2.75, 3.05) is 33.0 Å². The summed E-state index contributed by atoms with van der Waals surface area (Å²) in [6.45, 7) is 2.33. The summed E-state index contributed by atoms with van der Waals surface area (Å²) >= 11 is 0. The second kappa shape index (κ2) is 25.1. The van der Waals surface area contributed by atoms with E-state index in [9.17, 15) is 28.8 Å². The van der Waals surface area contributed by atoms with Gasteiger partial charge in [0.25, 0.3) is 13.1 Å². The number of alkyl halides is 1. The van der Waals surface area contributed by atoms with E-state index in [0.717, 1.165) is 69.4 Å². The fraction of sp³-hybridized carbons (Fsp3) is 0.526. The first-order valence-corrected chi connectivity index (χ1v) is 19.8. The van der Waals surface area contributed by atoms with Crippen LogP contribution in [-0.4, -0.2) is 77.4 Å². The zero-order chi connectivity index (χ0) is 39.0. The van der Waals surface area contributed by atoms with Gasteiger partial charge in [-0.3, -0.25) is 28.5 Å². The summed E-state index contributed by atoms with van der Waals surface area (Å²) in [5.41, 5.74) is -4.11. The summed E-state index contributed by atoms with van der Waals surface area (Å²) in [6.07, 6.45) is 28.2. The first-order chi connectivity index (χ1) is 25.4. The molecule has 1 saturated heterocycles. The van der Waals surface area contributed by atoms with Gasteiger partial charge < -0.3 is 24.4 Å². The van der Waals surface area contributed by atoms with Crippen LogP contribution in [0.25, 0.3) is 0 Å². The molecule has 2 heterocycles. The lowest BCUT2D eigenvalue weighted by Gasteiger charge is -2.24. The largest absolute Gasteiger partial charge is 0.468 e. The molecule has 5 atom stereocenters. The minimum atomic E-state index is -3.79. The Morgan fingerprint density at radius 2 is 1.57 bits per heavy atom. The van der Waals surface area contributed by atoms with E-state index in [0.29, 0.717) is 6.42 Å². The SMILES string of the molecule is CC/C=C\C/C=C\C/C=C\C/C=C\C/C=C\C/C=C\CCC(=O)NCCCP(=O)(NCC(=O)OC)OC[C@H]1O[C@@H](n2ccc(=O)[nH]c2=O)[C@](C)(F)[C@@H]1O. The Balaban J connectivity index is 1.70. The normalized spacial score (nSPS) is 21.9. The number of aliphatic hydroxyl groups is 1. The Morgan fingerprint density at radius 3 is 2.11 bits per heavy atom. The van der Waals surface area contributed by atoms with Crippen LogP contribution in [0.1, 0.15) is 77.9 Å². The molecule has 0 saturated carbocycles. The van der Waals surface area contributed by atoms with Gasteiger partial charge in [0.05, 0.1) is 13.7 Å². The topological polar surface area (TPSA) is 178 Å². The van der Waals surface area contributed by atoms with Crippen LogP contribution < -0.4 is 21.7 Å². The van der Waals surface area contributed by atoms with Gasteiger partial charge in [0, 0.05) is 31.4 Å². The highest BCUT2D eigenvalue weighted by molar-refractivity contribution is 7.56. The number of carbonyl (C=O) groups excluding carboxylic acids is 2. The third-order valence-corrected chi connectivity index (χ3v) is 10.2. The zero-order valence-corrected chi connectivity index (χ0v) is 31.9. The van der Waals surface area contributed by atoms with Gasteiger partial charge >= 0.3 is 11.7 Å². The number of aromatic nitrogens is 2. The van der Waals surface area contributed by atoms with Crippen LogP contribution in [0.5, 0.6) is 0 Å². The number of amides is 1. The summed E-state index contributed by atoms with van der Waals surface area (Å²) < 4.78 is 45.7. The van der Waals surface area contributed by atoms with E-state index in [-0.39, 0.29) is 31.5 Å². The lowest BCUT2D eigenvalue weighted by Crippen LogP contribution is -2.43. The predicted octanol–water partition coefficient (Wildman–Crippen LogP) is 5.48. The molecule has 4 N–H and O–H groups in total. The third kappa shape index (κ3) is 17.6. The number of nitrogens with zero attached hydrogens (tertiary/aromatic N) is 1. The summed E-state index contributed by atoms with van der Waals surface area (Å²) in [5, 5.41) is 15.9. The van der Waals surface area contributed by atoms with Crippen molar-refractivity contribution in [2.45, 2.75) is 95.7 Å². The van der Waals surface area contributed by atoms with Gasteiger partial charge in [-0.25, -0.2) is 14.3 Å². The van der Waals surface area contributed by atoms with Crippen LogP contribution >= 0.6 is 7.52 Å². The number of aromatic amines is 1.